The highest BCUT2D eigenvalue weighted by molar-refractivity contribution is 5.97. The smallest absolute Gasteiger partial charge is 0.227 e. The third kappa shape index (κ3) is 4.24. The molecule has 1 heterocycles. The maximum absolute atomic E-state index is 13.2. The van der Waals surface area contributed by atoms with Crippen molar-refractivity contribution in [3.63, 3.8) is 0 Å². The molecule has 1 aromatic carbocycles. The van der Waals surface area contributed by atoms with E-state index in [9.17, 15) is 14.0 Å². The van der Waals surface area contributed by atoms with Gasteiger partial charge < -0.3 is 9.84 Å². The average Bonchev–Trinajstić information content (AvgIpc) is 2.94. The first-order valence-corrected chi connectivity index (χ1v) is 7.60. The van der Waals surface area contributed by atoms with E-state index >= 15 is 0 Å². The molecule has 0 fully saturated rings. The minimum Gasteiger partial charge on any atom is -0.344 e. The molecule has 0 aliphatic heterocycles. The van der Waals surface area contributed by atoms with Crippen molar-refractivity contribution in [3.05, 3.63) is 47.4 Å². The molecule has 0 radical (unpaired) electrons. The van der Waals surface area contributed by atoms with Crippen LogP contribution in [0.3, 0.4) is 0 Å². The monoisotopic (exact) mass is 333 g/mol. The zero-order valence-corrected chi connectivity index (χ0v) is 14.1. The first-order valence-electron chi connectivity index (χ1n) is 7.60. The molecular formula is C17H20FN3O3. The van der Waals surface area contributed by atoms with E-state index in [-0.39, 0.29) is 18.1 Å². The van der Waals surface area contributed by atoms with E-state index in [0.717, 1.165) is 0 Å². The number of Topliss-reactive ketones (excluding diaryl/α,β-unsaturated/α-hetero) is 1. The van der Waals surface area contributed by atoms with Crippen LogP contribution in [0.25, 0.3) is 0 Å². The fourth-order valence-electron chi connectivity index (χ4n) is 2.37. The summed E-state index contributed by atoms with van der Waals surface area (Å²) in [5.41, 5.74) is -0.468. The van der Waals surface area contributed by atoms with E-state index < -0.39 is 17.3 Å². The molecule has 2 aromatic rings. The highest BCUT2D eigenvalue weighted by Crippen LogP contribution is 2.19. The maximum Gasteiger partial charge on any atom is 0.227 e. The Morgan fingerprint density at radius 1 is 1.38 bits per heavy atom. The van der Waals surface area contributed by atoms with Crippen molar-refractivity contribution in [2.75, 3.05) is 0 Å². The summed E-state index contributed by atoms with van der Waals surface area (Å²) in [6.45, 7) is 6.63. The van der Waals surface area contributed by atoms with E-state index in [1.54, 1.807) is 26.8 Å². The molecule has 7 heteroatoms. The Morgan fingerprint density at radius 2 is 2.08 bits per heavy atom. The van der Waals surface area contributed by atoms with E-state index in [1.165, 1.54) is 25.1 Å². The van der Waals surface area contributed by atoms with Crippen LogP contribution in [-0.2, 0) is 16.8 Å². The van der Waals surface area contributed by atoms with Crippen LogP contribution in [0, 0.1) is 11.7 Å². The van der Waals surface area contributed by atoms with Crippen molar-refractivity contribution in [2.24, 2.45) is 5.92 Å². The molecule has 1 N–H and O–H groups in total. The summed E-state index contributed by atoms with van der Waals surface area (Å²) in [6, 6.07) is 5.56. The Labute approximate surface area is 139 Å². The lowest BCUT2D eigenvalue weighted by Gasteiger charge is -2.20. The van der Waals surface area contributed by atoms with Crippen LogP contribution in [0.4, 0.5) is 4.39 Å². The van der Waals surface area contributed by atoms with Crippen molar-refractivity contribution >= 4 is 11.7 Å². The molecule has 2 rings (SSSR count). The number of aromatic nitrogens is 2. The van der Waals surface area contributed by atoms with Crippen LogP contribution in [0.5, 0.6) is 0 Å². The van der Waals surface area contributed by atoms with Crippen LogP contribution in [0.2, 0.25) is 0 Å². The molecule has 24 heavy (non-hydrogen) atoms. The van der Waals surface area contributed by atoms with Gasteiger partial charge in [0, 0.05) is 24.8 Å². The van der Waals surface area contributed by atoms with Gasteiger partial charge in [-0.3, -0.25) is 9.59 Å². The fraction of sp³-hybridized carbons (Fsp3) is 0.412. The predicted octanol–water partition coefficient (Wildman–Crippen LogP) is 2.64. The van der Waals surface area contributed by atoms with Gasteiger partial charge >= 0.3 is 0 Å². The molecule has 0 spiro atoms. The van der Waals surface area contributed by atoms with Crippen molar-refractivity contribution in [1.29, 1.82) is 0 Å². The summed E-state index contributed by atoms with van der Waals surface area (Å²) >= 11 is 0. The number of nitrogens with zero attached hydrogens (tertiary/aromatic N) is 2. The van der Waals surface area contributed by atoms with E-state index in [4.69, 9.17) is 4.52 Å². The normalized spacial score (nSPS) is 12.7. The average molecular weight is 333 g/mol. The molecule has 0 aliphatic rings. The maximum atomic E-state index is 13.2. The van der Waals surface area contributed by atoms with Crippen LogP contribution in [-0.4, -0.2) is 21.8 Å². The third-order valence-corrected chi connectivity index (χ3v) is 3.55. The number of nitrogens with one attached hydrogen (secondary N) is 1. The van der Waals surface area contributed by atoms with E-state index in [0.29, 0.717) is 17.3 Å². The molecule has 0 saturated heterocycles. The van der Waals surface area contributed by atoms with Gasteiger partial charge in [0.25, 0.3) is 0 Å². The Balaban J connectivity index is 2.09. The van der Waals surface area contributed by atoms with E-state index in [1.807, 2.05) is 0 Å². The lowest BCUT2D eigenvalue weighted by atomic mass is 9.96. The highest BCUT2D eigenvalue weighted by atomic mass is 19.1. The SMILES string of the molecule is CC(=O)NC(C)(C)c1noc(C[C@H](C)C(=O)c2cccc(F)c2)n1. The first-order chi connectivity index (χ1) is 11.2. The van der Waals surface area contributed by atoms with Gasteiger partial charge in [-0.1, -0.05) is 24.2 Å². The molecule has 0 saturated carbocycles. The largest absolute Gasteiger partial charge is 0.344 e. The summed E-state index contributed by atoms with van der Waals surface area (Å²) in [6.07, 6.45) is 0.235. The number of benzene rings is 1. The lowest BCUT2D eigenvalue weighted by Crippen LogP contribution is -2.40. The molecule has 0 bridgehead atoms. The number of amides is 1. The van der Waals surface area contributed by atoms with Crippen LogP contribution in [0.1, 0.15) is 49.8 Å². The zero-order valence-electron chi connectivity index (χ0n) is 14.1. The second kappa shape index (κ2) is 6.90. The second-order valence-electron chi connectivity index (χ2n) is 6.30. The summed E-state index contributed by atoms with van der Waals surface area (Å²) in [5.74, 6) is -0.677. The summed E-state index contributed by atoms with van der Waals surface area (Å²) in [5, 5.41) is 6.59. The van der Waals surface area contributed by atoms with Gasteiger partial charge in [0.2, 0.25) is 11.8 Å². The molecule has 1 amide bonds. The molecule has 6 nitrogen and oxygen atoms in total. The summed E-state index contributed by atoms with van der Waals surface area (Å²) in [4.78, 5) is 27.8. The summed E-state index contributed by atoms with van der Waals surface area (Å²) in [7, 11) is 0. The number of hydrogen-bond donors (Lipinski definition) is 1. The van der Waals surface area contributed by atoms with Gasteiger partial charge in [0.05, 0.1) is 5.54 Å². The minimum atomic E-state index is -0.774. The molecule has 128 valence electrons. The Bertz CT molecular complexity index is 755. The predicted molar refractivity (Wildman–Crippen MR) is 84.7 cm³/mol. The lowest BCUT2D eigenvalue weighted by molar-refractivity contribution is -0.120. The second-order valence-corrected chi connectivity index (χ2v) is 6.30. The van der Waals surface area contributed by atoms with Gasteiger partial charge in [0.15, 0.2) is 11.6 Å². The van der Waals surface area contributed by atoms with Crippen molar-refractivity contribution in [2.45, 2.75) is 39.7 Å². The number of rotatable bonds is 6. The molecule has 1 aromatic heterocycles. The van der Waals surface area contributed by atoms with Gasteiger partial charge in [-0.2, -0.15) is 4.98 Å². The number of carbonyl (C=O) groups is 2. The topological polar surface area (TPSA) is 85.1 Å². The number of ketones is 1. The van der Waals surface area contributed by atoms with Gasteiger partial charge in [-0.05, 0) is 26.0 Å². The molecular weight excluding hydrogens is 313 g/mol. The van der Waals surface area contributed by atoms with Crippen molar-refractivity contribution in [1.82, 2.24) is 15.5 Å². The number of carbonyl (C=O) groups excluding carboxylic acids is 2. The first kappa shape index (κ1) is 17.8. The number of hydrogen-bond acceptors (Lipinski definition) is 5. The zero-order chi connectivity index (χ0) is 17.9. The third-order valence-electron chi connectivity index (χ3n) is 3.55. The van der Waals surface area contributed by atoms with Gasteiger partial charge in [-0.15, -0.1) is 0 Å². The van der Waals surface area contributed by atoms with Crippen LogP contribution >= 0.6 is 0 Å². The molecule has 0 unspecified atom stereocenters. The van der Waals surface area contributed by atoms with Crippen LogP contribution in [0.15, 0.2) is 28.8 Å². The van der Waals surface area contributed by atoms with E-state index in [2.05, 4.69) is 15.5 Å². The quantitative estimate of drug-likeness (QED) is 0.822. The standard InChI is InChI=1S/C17H20FN3O3/c1-10(15(23)12-6-5-7-13(18)9-12)8-14-19-16(21-24-14)17(3,4)20-11(2)22/h5-7,9-10H,8H2,1-4H3,(H,20,22)/t10-/m0/s1. The highest BCUT2D eigenvalue weighted by Gasteiger charge is 2.28. The number of halogens is 1. The van der Waals surface area contributed by atoms with Crippen molar-refractivity contribution in [3.8, 4) is 0 Å². The Kier molecular flexibility index (Phi) is 5.11. The minimum absolute atomic E-state index is 0.199. The van der Waals surface area contributed by atoms with Gasteiger partial charge in [0.1, 0.15) is 5.82 Å². The Morgan fingerprint density at radius 3 is 2.71 bits per heavy atom. The van der Waals surface area contributed by atoms with Crippen molar-refractivity contribution < 1.29 is 18.5 Å². The Hall–Kier alpha value is -2.57. The van der Waals surface area contributed by atoms with Crippen LogP contribution < -0.4 is 5.32 Å². The van der Waals surface area contributed by atoms with Gasteiger partial charge in [-0.25, -0.2) is 4.39 Å². The molecule has 1 atom stereocenters. The fourth-order valence-corrected chi connectivity index (χ4v) is 2.37. The summed E-state index contributed by atoms with van der Waals surface area (Å²) < 4.78 is 18.4. The molecule has 0 aliphatic carbocycles.